The lowest BCUT2D eigenvalue weighted by atomic mass is 9.98. The second-order valence-electron chi connectivity index (χ2n) is 11.1. The molecule has 0 aliphatic carbocycles. The number of hydrogen-bond acceptors (Lipinski definition) is 7. The maximum Gasteiger partial charge on any atom is 0.355 e. The minimum atomic E-state index is -0.897. The van der Waals surface area contributed by atoms with Crippen LogP contribution in [0.1, 0.15) is 44.7 Å². The Labute approximate surface area is 253 Å². The van der Waals surface area contributed by atoms with Crippen molar-refractivity contribution in [2.24, 2.45) is 0 Å². The normalized spacial score (nSPS) is 15.1. The summed E-state index contributed by atoms with van der Waals surface area (Å²) in [6, 6.07) is 10.3. The molecule has 2 aromatic carbocycles. The second kappa shape index (κ2) is 12.0. The summed E-state index contributed by atoms with van der Waals surface area (Å²) in [7, 11) is 0. The molecule has 1 aliphatic rings. The smallest absolute Gasteiger partial charge is 0.355 e. The Morgan fingerprint density at radius 2 is 1.82 bits per heavy atom. The molecular weight excluding hydrogens is 568 g/mol. The Bertz CT molecular complexity index is 1870. The summed E-state index contributed by atoms with van der Waals surface area (Å²) in [6.07, 6.45) is 1.25. The number of benzene rings is 2. The fourth-order valence-electron chi connectivity index (χ4n) is 5.73. The van der Waals surface area contributed by atoms with Gasteiger partial charge in [-0.3, -0.25) is 9.59 Å². The molecule has 4 aromatic rings. The van der Waals surface area contributed by atoms with Crippen LogP contribution in [-0.4, -0.2) is 57.0 Å². The molecule has 0 spiro atoms. The summed E-state index contributed by atoms with van der Waals surface area (Å²) in [6.45, 7) is 13.4. The van der Waals surface area contributed by atoms with Gasteiger partial charge >= 0.3 is 11.7 Å². The third-order valence-electron chi connectivity index (χ3n) is 7.77. The van der Waals surface area contributed by atoms with Crippen LogP contribution in [0.3, 0.4) is 0 Å². The first-order valence-corrected chi connectivity index (χ1v) is 14.3. The molecule has 9 nitrogen and oxygen atoms in total. The number of aromatic nitrogens is 3. The van der Waals surface area contributed by atoms with Gasteiger partial charge < -0.3 is 14.5 Å². The lowest BCUT2D eigenvalue weighted by Crippen LogP contribution is -2.54. The number of esters is 1. The second-order valence-corrected chi connectivity index (χ2v) is 11.1. The molecule has 1 amide bonds. The van der Waals surface area contributed by atoms with Crippen molar-refractivity contribution in [3.05, 3.63) is 88.4 Å². The third-order valence-corrected chi connectivity index (χ3v) is 7.77. The van der Waals surface area contributed by atoms with Crippen molar-refractivity contribution in [2.45, 2.75) is 46.6 Å². The van der Waals surface area contributed by atoms with E-state index in [4.69, 9.17) is 4.74 Å². The summed E-state index contributed by atoms with van der Waals surface area (Å²) < 4.78 is 38.0. The number of piperazine rings is 1. The average Bonchev–Trinajstić information content (AvgIpc) is 2.97. The van der Waals surface area contributed by atoms with Gasteiger partial charge in [0.05, 0.1) is 16.6 Å². The zero-order chi connectivity index (χ0) is 31.9. The van der Waals surface area contributed by atoms with E-state index in [1.54, 1.807) is 4.90 Å². The minimum absolute atomic E-state index is 0.00378. The lowest BCUT2D eigenvalue weighted by molar-refractivity contribution is -0.132. The number of aryl methyl sites for hydroxylation is 1. The Morgan fingerprint density at radius 1 is 1.09 bits per heavy atom. The number of hydrogen-bond donors (Lipinski definition) is 0. The third kappa shape index (κ3) is 5.45. The standard InChI is InChI=1S/C33H33F2N5O4/c1-7-27(42)38-14-15-39(20(5)17-38)31-23-16-25(35)29(28-24(34)12-9-13-26(28)44-21(6)41)36-32(23)40(33(43)37-31)30-19(4)10-8-11-22(30)18(2)3/h7-13,16,18,20H,1,14-15,17H2,2-6H3/t20-/m0/s1. The minimum Gasteiger partial charge on any atom is -0.426 e. The highest BCUT2D eigenvalue weighted by Crippen LogP contribution is 2.37. The Hall–Kier alpha value is -4.93. The van der Waals surface area contributed by atoms with E-state index in [9.17, 15) is 14.4 Å². The average molecular weight is 602 g/mol. The molecule has 1 saturated heterocycles. The van der Waals surface area contributed by atoms with Gasteiger partial charge in [-0.05, 0) is 55.2 Å². The topological polar surface area (TPSA) is 97.6 Å². The maximum atomic E-state index is 16.1. The van der Waals surface area contributed by atoms with E-state index in [0.29, 0.717) is 25.3 Å². The molecule has 0 unspecified atom stereocenters. The predicted octanol–water partition coefficient (Wildman–Crippen LogP) is 5.31. The molecule has 3 heterocycles. The van der Waals surface area contributed by atoms with Gasteiger partial charge in [-0.25, -0.2) is 23.1 Å². The summed E-state index contributed by atoms with van der Waals surface area (Å²) in [5, 5.41) is 0.226. The number of halogens is 2. The van der Waals surface area contributed by atoms with Gasteiger partial charge in [-0.15, -0.1) is 0 Å². The number of carbonyl (C=O) groups excluding carboxylic acids is 2. The summed E-state index contributed by atoms with van der Waals surface area (Å²) in [5.41, 5.74) is 0.778. The van der Waals surface area contributed by atoms with Crippen LogP contribution in [0.25, 0.3) is 28.0 Å². The van der Waals surface area contributed by atoms with Crippen LogP contribution in [0.5, 0.6) is 5.75 Å². The fourth-order valence-corrected chi connectivity index (χ4v) is 5.73. The Balaban J connectivity index is 1.84. The van der Waals surface area contributed by atoms with Crippen LogP contribution in [0.4, 0.5) is 14.6 Å². The van der Waals surface area contributed by atoms with Crippen LogP contribution >= 0.6 is 0 Å². The molecule has 1 aliphatic heterocycles. The highest BCUT2D eigenvalue weighted by atomic mass is 19.1. The van der Waals surface area contributed by atoms with Crippen molar-refractivity contribution < 1.29 is 23.1 Å². The lowest BCUT2D eigenvalue weighted by Gasteiger charge is -2.40. The molecule has 228 valence electrons. The van der Waals surface area contributed by atoms with Gasteiger partial charge in [-0.1, -0.05) is 44.7 Å². The van der Waals surface area contributed by atoms with Gasteiger partial charge in [-0.2, -0.15) is 4.98 Å². The number of pyridine rings is 1. The maximum absolute atomic E-state index is 16.1. The number of ether oxygens (including phenoxy) is 1. The van der Waals surface area contributed by atoms with Crippen LogP contribution in [-0.2, 0) is 9.59 Å². The number of amides is 1. The first-order chi connectivity index (χ1) is 20.9. The van der Waals surface area contributed by atoms with Gasteiger partial charge in [0.1, 0.15) is 23.1 Å². The van der Waals surface area contributed by atoms with Crippen LogP contribution in [0, 0.1) is 18.6 Å². The van der Waals surface area contributed by atoms with E-state index in [2.05, 4.69) is 16.5 Å². The van der Waals surface area contributed by atoms with Crippen LogP contribution in [0.15, 0.2) is 59.9 Å². The molecule has 0 saturated carbocycles. The number of para-hydroxylation sites is 1. The summed E-state index contributed by atoms with van der Waals surface area (Å²) >= 11 is 0. The predicted molar refractivity (Wildman–Crippen MR) is 164 cm³/mol. The molecule has 1 fully saturated rings. The van der Waals surface area contributed by atoms with E-state index in [-0.39, 0.29) is 46.0 Å². The fraction of sp³-hybridized carbons (Fsp3) is 0.303. The van der Waals surface area contributed by atoms with Crippen molar-refractivity contribution in [2.75, 3.05) is 24.5 Å². The van der Waals surface area contributed by atoms with E-state index in [1.165, 1.54) is 28.8 Å². The molecule has 0 radical (unpaired) electrons. The van der Waals surface area contributed by atoms with Crippen molar-refractivity contribution in [1.29, 1.82) is 0 Å². The monoisotopic (exact) mass is 601 g/mol. The number of nitrogens with zero attached hydrogens (tertiary/aromatic N) is 5. The Morgan fingerprint density at radius 3 is 2.48 bits per heavy atom. The molecular formula is C33H33F2N5O4. The van der Waals surface area contributed by atoms with Gasteiger partial charge in [0.2, 0.25) is 5.91 Å². The zero-order valence-electron chi connectivity index (χ0n) is 25.2. The molecule has 5 rings (SSSR count). The molecule has 11 heteroatoms. The largest absolute Gasteiger partial charge is 0.426 e. The van der Waals surface area contributed by atoms with Crippen molar-refractivity contribution in [3.8, 4) is 22.7 Å². The summed E-state index contributed by atoms with van der Waals surface area (Å²) in [5.74, 6) is -2.68. The van der Waals surface area contributed by atoms with Crippen molar-refractivity contribution >= 4 is 28.7 Å². The van der Waals surface area contributed by atoms with Crippen LogP contribution < -0.4 is 15.3 Å². The number of rotatable bonds is 6. The van der Waals surface area contributed by atoms with Crippen LogP contribution in [0.2, 0.25) is 0 Å². The zero-order valence-corrected chi connectivity index (χ0v) is 25.2. The van der Waals surface area contributed by atoms with Crippen molar-refractivity contribution in [3.63, 3.8) is 0 Å². The van der Waals surface area contributed by atoms with E-state index < -0.39 is 29.0 Å². The molecule has 44 heavy (non-hydrogen) atoms. The number of carbonyl (C=O) groups is 2. The van der Waals surface area contributed by atoms with Gasteiger partial charge in [0, 0.05) is 32.6 Å². The number of fused-ring (bicyclic) bond motifs is 1. The first-order valence-electron chi connectivity index (χ1n) is 14.3. The highest BCUT2D eigenvalue weighted by molar-refractivity contribution is 5.92. The molecule has 2 aromatic heterocycles. The van der Waals surface area contributed by atoms with Crippen molar-refractivity contribution in [1.82, 2.24) is 19.4 Å². The van der Waals surface area contributed by atoms with Gasteiger partial charge in [0.25, 0.3) is 0 Å². The van der Waals surface area contributed by atoms with Gasteiger partial charge in [0.15, 0.2) is 11.5 Å². The molecule has 0 N–H and O–H groups in total. The van der Waals surface area contributed by atoms with E-state index in [0.717, 1.165) is 24.1 Å². The molecule has 1 atom stereocenters. The highest BCUT2D eigenvalue weighted by Gasteiger charge is 2.31. The summed E-state index contributed by atoms with van der Waals surface area (Å²) in [4.78, 5) is 50.7. The number of anilines is 1. The first kappa shape index (κ1) is 30.5. The quantitative estimate of drug-likeness (QED) is 0.168. The Kier molecular flexibility index (Phi) is 8.31. The SMILES string of the molecule is C=CC(=O)N1CCN(c2nc(=O)n(-c3c(C)cccc3C(C)C)c3nc(-c4c(F)cccc4OC(C)=O)c(F)cc23)[C@@H](C)C1. The van der Waals surface area contributed by atoms with E-state index in [1.807, 2.05) is 50.8 Å². The van der Waals surface area contributed by atoms with E-state index >= 15 is 8.78 Å². The molecule has 0 bridgehead atoms.